The number of rotatable bonds is 6. The molecule has 2 aromatic rings. The fourth-order valence-corrected chi connectivity index (χ4v) is 3.01. The van der Waals surface area contributed by atoms with Crippen LogP contribution in [0.2, 0.25) is 0 Å². The van der Waals surface area contributed by atoms with Crippen molar-refractivity contribution in [3.05, 3.63) is 28.8 Å². The molecule has 0 aliphatic heterocycles. The molecule has 0 saturated heterocycles. The second-order valence-corrected chi connectivity index (χ2v) is 5.38. The Kier molecular flexibility index (Phi) is 4.98. The Morgan fingerprint density at radius 1 is 1.30 bits per heavy atom. The molecule has 0 fully saturated rings. The van der Waals surface area contributed by atoms with Gasteiger partial charge in [-0.1, -0.05) is 0 Å². The Morgan fingerprint density at radius 2 is 2.10 bits per heavy atom. The molecule has 0 spiro atoms. The molecule has 0 aliphatic carbocycles. The standard InChI is InChI=1S/C15H19NO3S/c1-4-19-12-6-5-11(9-13(12)18-3)15-16-10(2)14(20-15)7-8-17/h5-6,9,17H,4,7-8H2,1-3H3. The van der Waals surface area contributed by atoms with Crippen molar-refractivity contribution in [2.45, 2.75) is 20.3 Å². The maximum absolute atomic E-state index is 9.04. The summed E-state index contributed by atoms with van der Waals surface area (Å²) < 4.78 is 10.9. The zero-order chi connectivity index (χ0) is 14.5. The van der Waals surface area contributed by atoms with Crippen LogP contribution in [0.25, 0.3) is 10.6 Å². The van der Waals surface area contributed by atoms with Crippen LogP contribution in [-0.2, 0) is 6.42 Å². The van der Waals surface area contributed by atoms with Crippen molar-refractivity contribution in [1.82, 2.24) is 4.98 Å². The summed E-state index contributed by atoms with van der Waals surface area (Å²) in [6.45, 7) is 4.66. The van der Waals surface area contributed by atoms with Gasteiger partial charge in [-0.25, -0.2) is 4.98 Å². The highest BCUT2D eigenvalue weighted by molar-refractivity contribution is 7.15. The van der Waals surface area contributed by atoms with Gasteiger partial charge in [0.2, 0.25) is 0 Å². The molecule has 0 amide bonds. The molecule has 4 nitrogen and oxygen atoms in total. The van der Waals surface area contributed by atoms with Crippen LogP contribution in [0.15, 0.2) is 18.2 Å². The Balaban J connectivity index is 2.35. The van der Waals surface area contributed by atoms with Crippen LogP contribution in [0.5, 0.6) is 11.5 Å². The van der Waals surface area contributed by atoms with Gasteiger partial charge in [0.25, 0.3) is 0 Å². The van der Waals surface area contributed by atoms with Gasteiger partial charge in [-0.15, -0.1) is 11.3 Å². The van der Waals surface area contributed by atoms with Crippen molar-refractivity contribution in [3.63, 3.8) is 0 Å². The number of ether oxygens (including phenoxy) is 2. The lowest BCUT2D eigenvalue weighted by Crippen LogP contribution is -1.95. The van der Waals surface area contributed by atoms with Gasteiger partial charge in [0.1, 0.15) is 5.01 Å². The minimum atomic E-state index is 0.148. The molecular formula is C15H19NO3S. The molecule has 20 heavy (non-hydrogen) atoms. The van der Waals surface area contributed by atoms with Crippen molar-refractivity contribution in [2.24, 2.45) is 0 Å². The number of aliphatic hydroxyl groups is 1. The van der Waals surface area contributed by atoms with Gasteiger partial charge in [-0.2, -0.15) is 0 Å². The SMILES string of the molecule is CCOc1ccc(-c2nc(C)c(CCO)s2)cc1OC. The zero-order valence-electron chi connectivity index (χ0n) is 12.0. The lowest BCUT2D eigenvalue weighted by molar-refractivity contribution is 0.300. The Hall–Kier alpha value is -1.59. The van der Waals surface area contributed by atoms with E-state index in [2.05, 4.69) is 4.98 Å². The molecule has 0 atom stereocenters. The second kappa shape index (κ2) is 6.72. The molecule has 1 N–H and O–H groups in total. The fourth-order valence-electron chi connectivity index (χ4n) is 1.96. The van der Waals surface area contributed by atoms with E-state index in [1.807, 2.05) is 32.0 Å². The Morgan fingerprint density at radius 3 is 2.75 bits per heavy atom. The first kappa shape index (κ1) is 14.8. The number of aliphatic hydroxyl groups excluding tert-OH is 1. The molecule has 0 aliphatic rings. The van der Waals surface area contributed by atoms with Crippen LogP contribution in [0.1, 0.15) is 17.5 Å². The smallest absolute Gasteiger partial charge is 0.161 e. The summed E-state index contributed by atoms with van der Waals surface area (Å²) in [5.74, 6) is 1.45. The van der Waals surface area contributed by atoms with E-state index >= 15 is 0 Å². The second-order valence-electron chi connectivity index (χ2n) is 4.30. The van der Waals surface area contributed by atoms with Gasteiger partial charge >= 0.3 is 0 Å². The van der Waals surface area contributed by atoms with Gasteiger partial charge in [0.05, 0.1) is 19.4 Å². The van der Waals surface area contributed by atoms with E-state index in [0.29, 0.717) is 18.8 Å². The van der Waals surface area contributed by atoms with E-state index in [0.717, 1.165) is 26.9 Å². The van der Waals surface area contributed by atoms with Crippen molar-refractivity contribution in [2.75, 3.05) is 20.3 Å². The summed E-state index contributed by atoms with van der Waals surface area (Å²) in [4.78, 5) is 5.68. The lowest BCUT2D eigenvalue weighted by Gasteiger charge is -2.09. The van der Waals surface area contributed by atoms with E-state index in [-0.39, 0.29) is 6.61 Å². The molecule has 1 aromatic heterocycles. The van der Waals surface area contributed by atoms with Crippen LogP contribution in [-0.4, -0.2) is 30.4 Å². The normalized spacial score (nSPS) is 10.6. The van der Waals surface area contributed by atoms with Gasteiger partial charge in [0.15, 0.2) is 11.5 Å². The summed E-state index contributed by atoms with van der Waals surface area (Å²) in [6, 6.07) is 5.82. The maximum Gasteiger partial charge on any atom is 0.161 e. The van der Waals surface area contributed by atoms with Crippen molar-refractivity contribution in [1.29, 1.82) is 0 Å². The van der Waals surface area contributed by atoms with Crippen LogP contribution >= 0.6 is 11.3 Å². The molecule has 0 unspecified atom stereocenters. The first-order valence-corrected chi connectivity index (χ1v) is 7.39. The van der Waals surface area contributed by atoms with Crippen molar-refractivity contribution >= 4 is 11.3 Å². The monoisotopic (exact) mass is 293 g/mol. The molecular weight excluding hydrogens is 274 g/mol. The highest BCUT2D eigenvalue weighted by Gasteiger charge is 2.12. The highest BCUT2D eigenvalue weighted by Crippen LogP contribution is 2.35. The number of thiazole rings is 1. The van der Waals surface area contributed by atoms with E-state index in [1.54, 1.807) is 18.4 Å². The predicted molar refractivity (Wildman–Crippen MR) is 80.8 cm³/mol. The van der Waals surface area contributed by atoms with Gasteiger partial charge in [-0.05, 0) is 32.0 Å². The Labute approximate surface area is 123 Å². The largest absolute Gasteiger partial charge is 0.493 e. The quantitative estimate of drug-likeness (QED) is 0.889. The van der Waals surface area contributed by atoms with Crippen LogP contribution < -0.4 is 9.47 Å². The number of methoxy groups -OCH3 is 1. The average molecular weight is 293 g/mol. The first-order valence-electron chi connectivity index (χ1n) is 6.58. The van der Waals surface area contributed by atoms with Crippen molar-refractivity contribution < 1.29 is 14.6 Å². The molecule has 1 heterocycles. The fraction of sp³-hybridized carbons (Fsp3) is 0.400. The van der Waals surface area contributed by atoms with Gasteiger partial charge in [0, 0.05) is 23.5 Å². The third kappa shape index (κ3) is 3.11. The summed E-state index contributed by atoms with van der Waals surface area (Å²) in [6.07, 6.45) is 0.650. The van der Waals surface area contributed by atoms with Crippen molar-refractivity contribution in [3.8, 4) is 22.1 Å². The molecule has 2 rings (SSSR count). The predicted octanol–water partition coefficient (Wildman–Crippen LogP) is 3.06. The van der Waals surface area contributed by atoms with Gasteiger partial charge in [-0.3, -0.25) is 0 Å². The van der Waals surface area contributed by atoms with Gasteiger partial charge < -0.3 is 14.6 Å². The van der Waals surface area contributed by atoms with E-state index in [1.165, 1.54) is 0 Å². The first-order chi connectivity index (χ1) is 9.69. The summed E-state index contributed by atoms with van der Waals surface area (Å²) in [5.41, 5.74) is 1.98. The van der Waals surface area contributed by atoms with E-state index < -0.39 is 0 Å². The topological polar surface area (TPSA) is 51.6 Å². The summed E-state index contributed by atoms with van der Waals surface area (Å²) >= 11 is 1.61. The zero-order valence-corrected chi connectivity index (χ0v) is 12.8. The lowest BCUT2D eigenvalue weighted by atomic mass is 10.2. The molecule has 5 heteroatoms. The number of benzene rings is 1. The molecule has 0 bridgehead atoms. The maximum atomic E-state index is 9.04. The molecule has 1 aromatic carbocycles. The number of aromatic nitrogens is 1. The highest BCUT2D eigenvalue weighted by atomic mass is 32.1. The third-order valence-corrected chi connectivity index (χ3v) is 4.21. The summed E-state index contributed by atoms with van der Waals surface area (Å²) in [5, 5.41) is 9.98. The average Bonchev–Trinajstić information content (AvgIpc) is 2.81. The van der Waals surface area contributed by atoms with E-state index in [4.69, 9.17) is 14.6 Å². The minimum absolute atomic E-state index is 0.148. The Bertz CT molecular complexity index is 580. The molecule has 108 valence electrons. The van der Waals surface area contributed by atoms with E-state index in [9.17, 15) is 0 Å². The minimum Gasteiger partial charge on any atom is -0.493 e. The van der Waals surface area contributed by atoms with Crippen LogP contribution in [0.3, 0.4) is 0 Å². The number of hydrogen-bond donors (Lipinski definition) is 1. The van der Waals surface area contributed by atoms with Crippen LogP contribution in [0, 0.1) is 6.92 Å². The number of aryl methyl sites for hydroxylation is 1. The van der Waals surface area contributed by atoms with Crippen LogP contribution in [0.4, 0.5) is 0 Å². The third-order valence-electron chi connectivity index (χ3n) is 2.94. The molecule has 0 radical (unpaired) electrons. The number of hydrogen-bond acceptors (Lipinski definition) is 5. The number of nitrogens with zero attached hydrogens (tertiary/aromatic N) is 1. The summed E-state index contributed by atoms with van der Waals surface area (Å²) in [7, 11) is 1.63. The molecule has 0 saturated carbocycles.